The van der Waals surface area contributed by atoms with Crippen molar-refractivity contribution in [3.05, 3.63) is 52.5 Å². The third-order valence-corrected chi connectivity index (χ3v) is 3.83. The fourth-order valence-corrected chi connectivity index (χ4v) is 2.48. The van der Waals surface area contributed by atoms with Crippen LogP contribution in [0.1, 0.15) is 0 Å². The number of nitrogens with zero attached hydrogens (tertiary/aromatic N) is 2. The number of hydrogen-bond donors (Lipinski definition) is 2. The van der Waals surface area contributed by atoms with Gasteiger partial charge in [0.1, 0.15) is 10.7 Å². The second-order valence-corrected chi connectivity index (χ2v) is 5.63. The fourth-order valence-electron chi connectivity index (χ4n) is 1.48. The molecule has 0 radical (unpaired) electrons. The van der Waals surface area contributed by atoms with Gasteiger partial charge in [0.25, 0.3) is 10.0 Å². The number of nitro groups is 1. The number of nitrogens with two attached hydrogens (primary N) is 1. The van der Waals surface area contributed by atoms with Crippen molar-refractivity contribution >= 4 is 27.2 Å². The van der Waals surface area contributed by atoms with Gasteiger partial charge < -0.3 is 5.73 Å². The molecule has 1 aromatic heterocycles. The molecule has 110 valence electrons. The van der Waals surface area contributed by atoms with Crippen molar-refractivity contribution in [1.82, 2.24) is 4.98 Å². The van der Waals surface area contributed by atoms with Gasteiger partial charge in [-0.1, -0.05) is 0 Å². The summed E-state index contributed by atoms with van der Waals surface area (Å²) in [6.45, 7) is 0. The molecule has 0 saturated heterocycles. The van der Waals surface area contributed by atoms with E-state index in [2.05, 4.69) is 9.71 Å². The predicted molar refractivity (Wildman–Crippen MR) is 72.5 cm³/mol. The highest BCUT2D eigenvalue weighted by Crippen LogP contribution is 2.23. The highest BCUT2D eigenvalue weighted by atomic mass is 32.2. The molecule has 0 aliphatic heterocycles. The summed E-state index contributed by atoms with van der Waals surface area (Å²) in [5.41, 5.74) is 4.46. The standard InChI is InChI=1S/C11H9FN4O4S/c12-9-5-7(1-3-10(9)16(17)18)15-21(19,20)8-2-4-11(13)14-6-8/h1-6,15H,(H2,13,14). The molecule has 1 aromatic carbocycles. The molecule has 0 spiro atoms. The number of anilines is 2. The predicted octanol–water partition coefficient (Wildman–Crippen LogP) is 1.51. The SMILES string of the molecule is Nc1ccc(S(=O)(=O)Nc2ccc([N+](=O)[O-])c(F)c2)cn1. The fraction of sp³-hybridized carbons (Fsp3) is 0. The smallest absolute Gasteiger partial charge is 0.304 e. The average molecular weight is 312 g/mol. The van der Waals surface area contributed by atoms with Crippen LogP contribution < -0.4 is 10.5 Å². The molecule has 0 saturated carbocycles. The summed E-state index contributed by atoms with van der Waals surface area (Å²) < 4.78 is 39.5. The number of rotatable bonds is 4. The Morgan fingerprint density at radius 1 is 1.29 bits per heavy atom. The molecule has 0 atom stereocenters. The molecule has 0 amide bonds. The molecule has 2 rings (SSSR count). The molecule has 8 nitrogen and oxygen atoms in total. The zero-order chi connectivity index (χ0) is 15.6. The average Bonchev–Trinajstić information content (AvgIpc) is 2.38. The minimum atomic E-state index is -3.98. The van der Waals surface area contributed by atoms with Gasteiger partial charge in [-0.25, -0.2) is 13.4 Å². The Bertz CT molecular complexity index is 792. The van der Waals surface area contributed by atoms with Crippen LogP contribution in [0.15, 0.2) is 41.4 Å². The molecular weight excluding hydrogens is 303 g/mol. The summed E-state index contributed by atoms with van der Waals surface area (Å²) in [5, 5.41) is 10.5. The summed E-state index contributed by atoms with van der Waals surface area (Å²) in [6.07, 6.45) is 1.04. The Morgan fingerprint density at radius 3 is 2.52 bits per heavy atom. The largest absolute Gasteiger partial charge is 0.384 e. The van der Waals surface area contributed by atoms with E-state index >= 15 is 0 Å². The first-order valence-corrected chi connectivity index (χ1v) is 6.96. The molecular formula is C11H9FN4O4S. The van der Waals surface area contributed by atoms with Gasteiger partial charge in [0.05, 0.1) is 10.6 Å². The molecule has 0 aliphatic rings. The zero-order valence-electron chi connectivity index (χ0n) is 10.4. The van der Waals surface area contributed by atoms with Gasteiger partial charge in [0.15, 0.2) is 0 Å². The van der Waals surface area contributed by atoms with E-state index < -0.39 is 26.5 Å². The second kappa shape index (κ2) is 5.32. The normalized spacial score (nSPS) is 11.1. The quantitative estimate of drug-likeness (QED) is 0.650. The lowest BCUT2D eigenvalue weighted by Gasteiger charge is -2.08. The molecule has 0 unspecified atom stereocenters. The molecule has 10 heteroatoms. The number of hydrogen-bond acceptors (Lipinski definition) is 6. The topological polar surface area (TPSA) is 128 Å². The molecule has 1 heterocycles. The van der Waals surface area contributed by atoms with E-state index in [1.54, 1.807) is 0 Å². The molecule has 21 heavy (non-hydrogen) atoms. The van der Waals surface area contributed by atoms with Crippen molar-refractivity contribution in [3.63, 3.8) is 0 Å². The van der Waals surface area contributed by atoms with Gasteiger partial charge in [0.2, 0.25) is 5.82 Å². The van der Waals surface area contributed by atoms with Crippen molar-refractivity contribution in [3.8, 4) is 0 Å². The molecule has 2 aromatic rings. The Morgan fingerprint density at radius 2 is 2.00 bits per heavy atom. The summed E-state index contributed by atoms with van der Waals surface area (Å²) in [6, 6.07) is 5.20. The van der Waals surface area contributed by atoms with Crippen LogP contribution in [0.2, 0.25) is 0 Å². The second-order valence-electron chi connectivity index (χ2n) is 3.95. The van der Waals surface area contributed by atoms with Gasteiger partial charge in [-0.3, -0.25) is 14.8 Å². The highest BCUT2D eigenvalue weighted by Gasteiger charge is 2.18. The van der Waals surface area contributed by atoms with Gasteiger partial charge in [0, 0.05) is 18.3 Å². The molecule has 3 N–H and O–H groups in total. The van der Waals surface area contributed by atoms with Crippen molar-refractivity contribution in [2.45, 2.75) is 4.90 Å². The lowest BCUT2D eigenvalue weighted by atomic mass is 10.3. The first-order chi connectivity index (χ1) is 9.79. The Kier molecular flexibility index (Phi) is 3.72. The van der Waals surface area contributed by atoms with Gasteiger partial charge >= 0.3 is 5.69 Å². The number of nitrogens with one attached hydrogen (secondary N) is 1. The number of nitrogen functional groups attached to an aromatic ring is 1. The summed E-state index contributed by atoms with van der Waals surface area (Å²) in [7, 11) is -3.98. The third-order valence-electron chi connectivity index (χ3n) is 2.47. The summed E-state index contributed by atoms with van der Waals surface area (Å²) in [4.78, 5) is 13.0. The monoisotopic (exact) mass is 312 g/mol. The number of aromatic nitrogens is 1. The minimum Gasteiger partial charge on any atom is -0.384 e. The maximum atomic E-state index is 13.4. The van der Waals surface area contributed by atoms with Crippen LogP contribution >= 0.6 is 0 Å². The van der Waals surface area contributed by atoms with E-state index in [0.29, 0.717) is 0 Å². The number of halogens is 1. The van der Waals surface area contributed by atoms with Gasteiger partial charge in [-0.2, -0.15) is 4.39 Å². The van der Waals surface area contributed by atoms with Crippen LogP contribution in [0, 0.1) is 15.9 Å². The number of benzene rings is 1. The maximum Gasteiger partial charge on any atom is 0.304 e. The van der Waals surface area contributed by atoms with Gasteiger partial charge in [-0.05, 0) is 18.2 Å². The lowest BCUT2D eigenvalue weighted by Crippen LogP contribution is -2.13. The lowest BCUT2D eigenvalue weighted by molar-refractivity contribution is -0.387. The van der Waals surface area contributed by atoms with E-state index in [-0.39, 0.29) is 16.4 Å². The van der Waals surface area contributed by atoms with E-state index in [0.717, 1.165) is 24.4 Å². The first kappa shape index (κ1) is 14.7. The zero-order valence-corrected chi connectivity index (χ0v) is 11.2. The number of nitro benzene ring substituents is 1. The van der Waals surface area contributed by atoms with E-state index in [9.17, 15) is 22.9 Å². The molecule has 0 fully saturated rings. The van der Waals surface area contributed by atoms with Crippen LogP contribution in [0.4, 0.5) is 21.6 Å². The summed E-state index contributed by atoms with van der Waals surface area (Å²) >= 11 is 0. The maximum absolute atomic E-state index is 13.4. The highest BCUT2D eigenvalue weighted by molar-refractivity contribution is 7.92. The third kappa shape index (κ3) is 3.23. The molecule has 0 bridgehead atoms. The van der Waals surface area contributed by atoms with Crippen LogP contribution in [0.3, 0.4) is 0 Å². The number of pyridine rings is 1. The number of sulfonamides is 1. The molecule has 0 aliphatic carbocycles. The Hall–Kier alpha value is -2.75. The minimum absolute atomic E-state index is 0.144. The van der Waals surface area contributed by atoms with Crippen molar-refractivity contribution in [2.24, 2.45) is 0 Å². The van der Waals surface area contributed by atoms with E-state index in [1.165, 1.54) is 12.1 Å². The van der Waals surface area contributed by atoms with Crippen LogP contribution in [-0.4, -0.2) is 18.3 Å². The van der Waals surface area contributed by atoms with Crippen molar-refractivity contribution < 1.29 is 17.7 Å². The van der Waals surface area contributed by atoms with Gasteiger partial charge in [-0.15, -0.1) is 0 Å². The van der Waals surface area contributed by atoms with Crippen LogP contribution in [0.25, 0.3) is 0 Å². The van der Waals surface area contributed by atoms with Crippen molar-refractivity contribution in [2.75, 3.05) is 10.5 Å². The van der Waals surface area contributed by atoms with Crippen molar-refractivity contribution in [1.29, 1.82) is 0 Å². The first-order valence-electron chi connectivity index (χ1n) is 5.48. The van der Waals surface area contributed by atoms with Crippen LogP contribution in [-0.2, 0) is 10.0 Å². The Labute approximate surface area is 118 Å². The Balaban J connectivity index is 2.31. The summed E-state index contributed by atoms with van der Waals surface area (Å²) in [5.74, 6) is -0.994. The van der Waals surface area contributed by atoms with Crippen LogP contribution in [0.5, 0.6) is 0 Å². The van der Waals surface area contributed by atoms with E-state index in [4.69, 9.17) is 5.73 Å². The van der Waals surface area contributed by atoms with E-state index in [1.807, 2.05) is 0 Å².